The monoisotopic (exact) mass is 266 g/mol. The Morgan fingerprint density at radius 3 is 2.37 bits per heavy atom. The first-order valence-corrected chi connectivity index (χ1v) is 6.09. The Labute approximate surface area is 111 Å². The zero-order valence-electron chi connectivity index (χ0n) is 11.0. The minimum Gasteiger partial charge on any atom is -0.480 e. The summed E-state index contributed by atoms with van der Waals surface area (Å²) in [6, 6.07) is 5.47. The first kappa shape index (κ1) is 15.1. The van der Waals surface area contributed by atoms with E-state index in [0.717, 1.165) is 5.56 Å². The number of rotatable bonds is 7. The summed E-state index contributed by atoms with van der Waals surface area (Å²) in [5.41, 5.74) is 0.848. The molecule has 0 fully saturated rings. The SMILES string of the molecule is CC(C)C[C@H](NCc1ccc([N+](=O)[O-])cc1)C(=O)O. The highest BCUT2D eigenvalue weighted by atomic mass is 16.6. The van der Waals surface area contributed by atoms with Crippen molar-refractivity contribution in [1.29, 1.82) is 0 Å². The van der Waals surface area contributed by atoms with E-state index in [4.69, 9.17) is 5.11 Å². The Morgan fingerprint density at radius 1 is 1.37 bits per heavy atom. The quantitative estimate of drug-likeness (QED) is 0.583. The van der Waals surface area contributed by atoms with Gasteiger partial charge in [-0.2, -0.15) is 0 Å². The zero-order chi connectivity index (χ0) is 14.4. The van der Waals surface area contributed by atoms with Crippen LogP contribution in [-0.4, -0.2) is 22.0 Å². The summed E-state index contributed by atoms with van der Waals surface area (Å²) < 4.78 is 0. The molecule has 0 bridgehead atoms. The molecule has 1 rings (SSSR count). The van der Waals surface area contributed by atoms with Gasteiger partial charge in [0.15, 0.2) is 0 Å². The Morgan fingerprint density at radius 2 is 1.95 bits per heavy atom. The largest absolute Gasteiger partial charge is 0.480 e. The summed E-state index contributed by atoms with van der Waals surface area (Å²) in [6.07, 6.45) is 0.544. The number of hydrogen-bond donors (Lipinski definition) is 2. The molecule has 0 saturated carbocycles. The number of benzene rings is 1. The molecule has 1 atom stereocenters. The molecule has 1 aromatic carbocycles. The molecule has 0 aliphatic heterocycles. The van der Waals surface area contributed by atoms with E-state index < -0.39 is 16.9 Å². The lowest BCUT2D eigenvalue weighted by atomic mass is 10.0. The molecule has 19 heavy (non-hydrogen) atoms. The van der Waals surface area contributed by atoms with Crippen LogP contribution in [0.1, 0.15) is 25.8 Å². The minimum absolute atomic E-state index is 0.0284. The van der Waals surface area contributed by atoms with Crippen molar-refractivity contribution in [3.8, 4) is 0 Å². The van der Waals surface area contributed by atoms with Crippen molar-refractivity contribution >= 4 is 11.7 Å². The number of carboxylic acid groups (broad SMARTS) is 1. The summed E-state index contributed by atoms with van der Waals surface area (Å²) in [5.74, 6) is -0.596. The van der Waals surface area contributed by atoms with Crippen molar-refractivity contribution in [2.24, 2.45) is 5.92 Å². The van der Waals surface area contributed by atoms with E-state index in [1.807, 2.05) is 13.8 Å². The third-order valence-corrected chi connectivity index (χ3v) is 2.70. The third-order valence-electron chi connectivity index (χ3n) is 2.70. The van der Waals surface area contributed by atoms with Gasteiger partial charge in [-0.15, -0.1) is 0 Å². The number of nitrogens with one attached hydrogen (secondary N) is 1. The molecule has 0 spiro atoms. The molecule has 0 saturated heterocycles. The second kappa shape index (κ2) is 6.84. The normalized spacial score (nSPS) is 12.4. The molecule has 0 radical (unpaired) electrons. The topological polar surface area (TPSA) is 92.5 Å². The molecule has 1 aromatic rings. The van der Waals surface area contributed by atoms with E-state index in [1.54, 1.807) is 12.1 Å². The van der Waals surface area contributed by atoms with Crippen LogP contribution in [0.15, 0.2) is 24.3 Å². The number of carboxylic acids is 1. The predicted octanol–water partition coefficient (Wildman–Crippen LogP) is 2.18. The van der Waals surface area contributed by atoms with Crippen LogP contribution in [0.2, 0.25) is 0 Å². The van der Waals surface area contributed by atoms with E-state index in [1.165, 1.54) is 12.1 Å². The first-order valence-electron chi connectivity index (χ1n) is 6.09. The van der Waals surface area contributed by atoms with Gasteiger partial charge in [0, 0.05) is 18.7 Å². The molecule has 6 nitrogen and oxygen atoms in total. The number of nitro groups is 1. The second-order valence-corrected chi connectivity index (χ2v) is 4.82. The number of carbonyl (C=O) groups is 1. The van der Waals surface area contributed by atoms with Crippen molar-refractivity contribution < 1.29 is 14.8 Å². The highest BCUT2D eigenvalue weighted by molar-refractivity contribution is 5.73. The molecule has 0 amide bonds. The van der Waals surface area contributed by atoms with Crippen LogP contribution in [0.25, 0.3) is 0 Å². The fraction of sp³-hybridized carbons (Fsp3) is 0.462. The molecule has 6 heteroatoms. The molecule has 0 unspecified atom stereocenters. The van der Waals surface area contributed by atoms with Gasteiger partial charge in [0.1, 0.15) is 6.04 Å². The number of nitro benzene ring substituents is 1. The molecular weight excluding hydrogens is 248 g/mol. The van der Waals surface area contributed by atoms with Crippen LogP contribution in [0, 0.1) is 16.0 Å². The van der Waals surface area contributed by atoms with Gasteiger partial charge >= 0.3 is 5.97 Å². The van der Waals surface area contributed by atoms with Crippen molar-refractivity contribution in [2.75, 3.05) is 0 Å². The van der Waals surface area contributed by atoms with Gasteiger partial charge in [0.05, 0.1) is 4.92 Å². The van der Waals surface area contributed by atoms with E-state index in [2.05, 4.69) is 5.32 Å². The molecule has 0 aromatic heterocycles. The summed E-state index contributed by atoms with van der Waals surface area (Å²) in [4.78, 5) is 21.1. The van der Waals surface area contributed by atoms with Crippen molar-refractivity contribution in [2.45, 2.75) is 32.9 Å². The average Bonchev–Trinajstić information content (AvgIpc) is 2.34. The summed E-state index contributed by atoms with van der Waals surface area (Å²) >= 11 is 0. The van der Waals surface area contributed by atoms with Crippen LogP contribution in [0.5, 0.6) is 0 Å². The lowest BCUT2D eigenvalue weighted by molar-refractivity contribution is -0.384. The standard InChI is InChI=1S/C13H18N2O4/c1-9(2)7-12(13(16)17)14-8-10-3-5-11(6-4-10)15(18)19/h3-6,9,12,14H,7-8H2,1-2H3,(H,16,17)/t12-/m0/s1. The number of aliphatic carboxylic acids is 1. The lowest BCUT2D eigenvalue weighted by Crippen LogP contribution is -2.37. The molecule has 0 heterocycles. The van der Waals surface area contributed by atoms with Gasteiger partial charge < -0.3 is 10.4 Å². The zero-order valence-corrected chi connectivity index (χ0v) is 11.0. The summed E-state index contributed by atoms with van der Waals surface area (Å²) in [5, 5.41) is 22.5. The number of nitrogens with zero attached hydrogens (tertiary/aromatic N) is 1. The van der Waals surface area contributed by atoms with E-state index in [9.17, 15) is 14.9 Å². The molecule has 0 aliphatic rings. The Balaban J connectivity index is 2.59. The Bertz CT molecular complexity index is 442. The first-order chi connectivity index (χ1) is 8.90. The van der Waals surface area contributed by atoms with E-state index in [0.29, 0.717) is 13.0 Å². The van der Waals surface area contributed by atoms with Gasteiger partial charge in [-0.3, -0.25) is 14.9 Å². The highest BCUT2D eigenvalue weighted by Gasteiger charge is 2.18. The van der Waals surface area contributed by atoms with Crippen LogP contribution in [-0.2, 0) is 11.3 Å². The molecule has 0 aliphatic carbocycles. The van der Waals surface area contributed by atoms with Crippen LogP contribution >= 0.6 is 0 Å². The van der Waals surface area contributed by atoms with Gasteiger partial charge in [0.25, 0.3) is 5.69 Å². The Kier molecular flexibility index (Phi) is 5.44. The average molecular weight is 266 g/mol. The van der Waals surface area contributed by atoms with Crippen molar-refractivity contribution in [3.05, 3.63) is 39.9 Å². The minimum atomic E-state index is -0.879. The van der Waals surface area contributed by atoms with Gasteiger partial charge in [-0.25, -0.2) is 0 Å². The Hall–Kier alpha value is -1.95. The summed E-state index contributed by atoms with van der Waals surface area (Å²) in [6.45, 7) is 4.30. The fourth-order valence-corrected chi connectivity index (χ4v) is 1.72. The third kappa shape index (κ3) is 5.05. The van der Waals surface area contributed by atoms with Crippen LogP contribution < -0.4 is 5.32 Å². The van der Waals surface area contributed by atoms with Gasteiger partial charge in [0.2, 0.25) is 0 Å². The maximum atomic E-state index is 11.0. The second-order valence-electron chi connectivity index (χ2n) is 4.82. The molecular formula is C13H18N2O4. The van der Waals surface area contributed by atoms with E-state index in [-0.39, 0.29) is 11.6 Å². The van der Waals surface area contributed by atoms with Gasteiger partial charge in [-0.05, 0) is 17.9 Å². The maximum Gasteiger partial charge on any atom is 0.320 e. The van der Waals surface area contributed by atoms with Crippen LogP contribution in [0.3, 0.4) is 0 Å². The fourth-order valence-electron chi connectivity index (χ4n) is 1.72. The number of hydrogen-bond acceptors (Lipinski definition) is 4. The summed E-state index contributed by atoms with van der Waals surface area (Å²) in [7, 11) is 0. The maximum absolute atomic E-state index is 11.0. The predicted molar refractivity (Wildman–Crippen MR) is 70.8 cm³/mol. The molecule has 104 valence electrons. The van der Waals surface area contributed by atoms with Crippen molar-refractivity contribution in [1.82, 2.24) is 5.32 Å². The number of non-ortho nitro benzene ring substituents is 1. The van der Waals surface area contributed by atoms with Crippen molar-refractivity contribution in [3.63, 3.8) is 0 Å². The van der Waals surface area contributed by atoms with Gasteiger partial charge in [-0.1, -0.05) is 26.0 Å². The molecule has 2 N–H and O–H groups in total. The highest BCUT2D eigenvalue weighted by Crippen LogP contribution is 2.12. The smallest absolute Gasteiger partial charge is 0.320 e. The van der Waals surface area contributed by atoms with E-state index >= 15 is 0 Å². The van der Waals surface area contributed by atoms with Crippen LogP contribution in [0.4, 0.5) is 5.69 Å². The lowest BCUT2D eigenvalue weighted by Gasteiger charge is -2.16.